The number of nitrogens with zero attached hydrogens (tertiary/aromatic N) is 2. The predicted molar refractivity (Wildman–Crippen MR) is 214 cm³/mol. The van der Waals surface area contributed by atoms with Crippen molar-refractivity contribution in [2.24, 2.45) is 4.99 Å². The van der Waals surface area contributed by atoms with Crippen molar-refractivity contribution < 1.29 is 0 Å². The second-order valence-electron chi connectivity index (χ2n) is 13.3. The van der Waals surface area contributed by atoms with Crippen molar-refractivity contribution in [1.29, 1.82) is 0 Å². The number of hydrogen-bond acceptors (Lipinski definition) is 3. The summed E-state index contributed by atoms with van der Waals surface area (Å²) in [5, 5.41) is 14.6. The average Bonchev–Trinajstić information content (AvgIpc) is 3.54. The third-order valence-corrected chi connectivity index (χ3v) is 10.2. The Labute approximate surface area is 296 Å². The molecule has 7 aromatic carbocycles. The molecule has 2 N–H and O–H groups in total. The van der Waals surface area contributed by atoms with Gasteiger partial charge in [0.1, 0.15) is 6.17 Å². The number of rotatable bonds is 5. The van der Waals surface area contributed by atoms with E-state index in [9.17, 15) is 0 Å². The lowest BCUT2D eigenvalue weighted by atomic mass is 9.93. The number of aliphatic imine (C=N–C) groups is 1. The Morgan fingerprint density at radius 1 is 0.569 bits per heavy atom. The van der Waals surface area contributed by atoms with Crippen LogP contribution in [0.25, 0.3) is 60.3 Å². The summed E-state index contributed by atoms with van der Waals surface area (Å²) in [6.45, 7) is 0.865. The number of allylic oxidation sites excluding steroid dienone is 3. The van der Waals surface area contributed by atoms with Crippen LogP contribution in [0.4, 0.5) is 0 Å². The zero-order valence-corrected chi connectivity index (χ0v) is 27.9. The maximum atomic E-state index is 5.48. The van der Waals surface area contributed by atoms with E-state index in [1.165, 1.54) is 60.1 Å². The molecule has 242 valence electrons. The van der Waals surface area contributed by atoms with Crippen LogP contribution in [0.15, 0.2) is 181 Å². The van der Waals surface area contributed by atoms with Crippen molar-refractivity contribution in [3.05, 3.63) is 198 Å². The van der Waals surface area contributed by atoms with Crippen LogP contribution in [0.2, 0.25) is 0 Å². The molecule has 1 unspecified atom stereocenters. The summed E-state index contributed by atoms with van der Waals surface area (Å²) in [7, 11) is 0. The van der Waals surface area contributed by atoms with Crippen LogP contribution < -0.4 is 10.6 Å². The van der Waals surface area contributed by atoms with Crippen LogP contribution in [0.5, 0.6) is 0 Å². The Morgan fingerprint density at radius 3 is 1.76 bits per heavy atom. The monoisotopic (exact) mass is 654 g/mol. The molecule has 2 aliphatic rings. The van der Waals surface area contributed by atoms with Gasteiger partial charge in [-0.25, -0.2) is 0 Å². The van der Waals surface area contributed by atoms with Gasteiger partial charge in [0.15, 0.2) is 0 Å². The highest BCUT2D eigenvalue weighted by Gasteiger charge is 2.24. The first-order valence-electron chi connectivity index (χ1n) is 17.5. The molecule has 0 bridgehead atoms. The van der Waals surface area contributed by atoms with Crippen LogP contribution in [-0.4, -0.2) is 16.8 Å². The lowest BCUT2D eigenvalue weighted by Gasteiger charge is -2.27. The molecule has 51 heavy (non-hydrogen) atoms. The van der Waals surface area contributed by atoms with E-state index >= 15 is 0 Å². The second-order valence-corrected chi connectivity index (χ2v) is 13.3. The Kier molecular flexibility index (Phi) is 6.91. The minimum atomic E-state index is -0.291. The molecule has 4 heteroatoms. The van der Waals surface area contributed by atoms with E-state index in [-0.39, 0.29) is 6.17 Å². The third-order valence-electron chi connectivity index (χ3n) is 10.2. The number of aromatic nitrogens is 1. The summed E-state index contributed by atoms with van der Waals surface area (Å²) >= 11 is 0. The van der Waals surface area contributed by atoms with Crippen LogP contribution in [-0.2, 0) is 0 Å². The van der Waals surface area contributed by atoms with Gasteiger partial charge in [0, 0.05) is 40.5 Å². The van der Waals surface area contributed by atoms with Gasteiger partial charge in [0.2, 0.25) is 0 Å². The van der Waals surface area contributed by atoms with Crippen LogP contribution in [0, 0.1) is 0 Å². The summed E-state index contributed by atoms with van der Waals surface area (Å²) in [5.74, 6) is 0. The molecular weight excluding hydrogens is 621 g/mol. The van der Waals surface area contributed by atoms with Gasteiger partial charge in [-0.3, -0.25) is 4.99 Å². The third kappa shape index (κ3) is 5.03. The van der Waals surface area contributed by atoms with Gasteiger partial charge in [-0.2, -0.15) is 0 Å². The first-order valence-corrected chi connectivity index (χ1v) is 17.5. The molecular formula is C47H34N4. The zero-order chi connectivity index (χ0) is 33.7. The molecule has 0 saturated carbocycles. The quantitative estimate of drug-likeness (QED) is 0.181. The van der Waals surface area contributed by atoms with E-state index in [4.69, 9.17) is 4.99 Å². The molecule has 8 aromatic rings. The standard InChI is InChI=1S/C47H34N4/c1-3-13-38-34(10-1)28-35-11-2-4-14-39(35)46(38)47-49-42(32-21-19-31(20-22-32)36-12-9-27-48-30-36)29-43(50-47)33-23-25-37(26-24-33)51-44-17-7-5-15-40(44)41-16-6-8-18-45(41)51/h1-26,28-30,47-49H,27H2. The van der Waals surface area contributed by atoms with E-state index in [1.54, 1.807) is 0 Å². The maximum Gasteiger partial charge on any atom is 0.146 e. The topological polar surface area (TPSA) is 41.4 Å². The lowest BCUT2D eigenvalue weighted by molar-refractivity contribution is 0.674. The Morgan fingerprint density at radius 2 is 1.14 bits per heavy atom. The molecule has 0 radical (unpaired) electrons. The van der Waals surface area contributed by atoms with Crippen molar-refractivity contribution in [3.8, 4) is 5.69 Å². The summed E-state index contributed by atoms with van der Waals surface area (Å²) in [6.07, 6.45) is 8.33. The van der Waals surface area contributed by atoms with Gasteiger partial charge in [-0.1, -0.05) is 133 Å². The van der Waals surface area contributed by atoms with E-state index < -0.39 is 0 Å². The number of nitrogens with one attached hydrogen (secondary N) is 2. The fraction of sp³-hybridized carbons (Fsp3) is 0.0426. The Hall–Kier alpha value is -6.65. The van der Waals surface area contributed by atoms with Crippen LogP contribution >= 0.6 is 0 Å². The molecule has 0 spiro atoms. The van der Waals surface area contributed by atoms with Gasteiger partial charge in [-0.15, -0.1) is 0 Å². The van der Waals surface area contributed by atoms with Gasteiger partial charge < -0.3 is 15.2 Å². The minimum absolute atomic E-state index is 0.291. The molecule has 10 rings (SSSR count). The highest BCUT2D eigenvalue weighted by Crippen LogP contribution is 2.37. The highest BCUT2D eigenvalue weighted by molar-refractivity contribution is 6.14. The zero-order valence-electron chi connectivity index (χ0n) is 27.9. The van der Waals surface area contributed by atoms with Crippen molar-refractivity contribution in [2.45, 2.75) is 6.17 Å². The number of fused-ring (bicyclic) bond motifs is 5. The molecule has 0 fully saturated rings. The van der Waals surface area contributed by atoms with Crippen LogP contribution in [0.3, 0.4) is 0 Å². The number of para-hydroxylation sites is 2. The van der Waals surface area contributed by atoms with Crippen molar-refractivity contribution in [2.75, 3.05) is 6.54 Å². The molecule has 1 atom stereocenters. The first kappa shape index (κ1) is 29.3. The number of benzene rings is 7. The molecule has 2 aliphatic heterocycles. The SMILES string of the molecule is C1=CC(c2ccc(C3=CC(c4ccc(-n5c6ccccc6c6ccccc65)cc4)=NC(c4c5ccccc5cc5ccccc45)N3)cc2)=CNC1. The Balaban J connectivity index is 1.11. The van der Waals surface area contributed by atoms with Crippen molar-refractivity contribution in [1.82, 2.24) is 15.2 Å². The fourth-order valence-electron chi connectivity index (χ4n) is 7.81. The normalized spacial score (nSPS) is 15.8. The number of dihydropyridines is 1. The molecule has 0 saturated heterocycles. The predicted octanol–water partition coefficient (Wildman–Crippen LogP) is 10.7. The largest absolute Gasteiger partial charge is 0.387 e. The Bertz CT molecular complexity index is 2650. The lowest BCUT2D eigenvalue weighted by Crippen LogP contribution is -2.25. The smallest absolute Gasteiger partial charge is 0.146 e. The van der Waals surface area contributed by atoms with E-state index in [0.717, 1.165) is 34.8 Å². The summed E-state index contributed by atoms with van der Waals surface area (Å²) in [4.78, 5) is 5.48. The second kappa shape index (κ2) is 12.0. The van der Waals surface area contributed by atoms with Gasteiger partial charge >= 0.3 is 0 Å². The van der Waals surface area contributed by atoms with Crippen molar-refractivity contribution in [3.63, 3.8) is 0 Å². The molecule has 3 heterocycles. The first-order chi connectivity index (χ1) is 25.3. The van der Waals surface area contributed by atoms with E-state index in [2.05, 4.69) is 191 Å². The van der Waals surface area contributed by atoms with Crippen molar-refractivity contribution >= 4 is 60.3 Å². The average molecular weight is 655 g/mol. The van der Waals surface area contributed by atoms with E-state index in [0.29, 0.717) is 0 Å². The summed E-state index contributed by atoms with van der Waals surface area (Å²) in [6, 6.07) is 54.6. The molecule has 4 nitrogen and oxygen atoms in total. The summed E-state index contributed by atoms with van der Waals surface area (Å²) in [5.41, 5.74) is 11.3. The highest BCUT2D eigenvalue weighted by atomic mass is 15.1. The molecule has 0 amide bonds. The molecule has 0 aliphatic carbocycles. The van der Waals surface area contributed by atoms with Crippen LogP contribution in [0.1, 0.15) is 28.4 Å². The fourth-order valence-corrected chi connectivity index (χ4v) is 7.81. The van der Waals surface area contributed by atoms with Gasteiger partial charge in [0.05, 0.1) is 16.7 Å². The number of hydrogen-bond donors (Lipinski definition) is 2. The minimum Gasteiger partial charge on any atom is -0.387 e. The summed E-state index contributed by atoms with van der Waals surface area (Å²) < 4.78 is 2.36. The van der Waals surface area contributed by atoms with Gasteiger partial charge in [-0.05, 0) is 80.2 Å². The molecule has 1 aromatic heterocycles. The van der Waals surface area contributed by atoms with Gasteiger partial charge in [0.25, 0.3) is 0 Å². The van der Waals surface area contributed by atoms with E-state index in [1.807, 2.05) is 0 Å². The maximum absolute atomic E-state index is 5.48.